The molecule has 0 aromatic heterocycles. The van der Waals surface area contributed by atoms with E-state index >= 15 is 0 Å². The number of rotatable bonds is 7. The number of aromatic carboxylic acids is 1. The van der Waals surface area contributed by atoms with Crippen molar-refractivity contribution >= 4 is 16.0 Å². The van der Waals surface area contributed by atoms with Crippen molar-refractivity contribution in [1.29, 1.82) is 0 Å². The highest BCUT2D eigenvalue weighted by Gasteiger charge is 2.21. The minimum atomic E-state index is -3.54. The van der Waals surface area contributed by atoms with Crippen LogP contribution in [0.25, 0.3) is 0 Å². The zero-order valence-corrected chi connectivity index (χ0v) is 12.1. The predicted octanol–water partition coefficient (Wildman–Crippen LogP) is 1.56. The standard InChI is InChI=1S/C14H17NO4S/c1-3-8-15(9-4-2)20(18,19)11-12-6-5-7-13(10-12)14(16)17/h1,5-7,10H,4,8-9,11H2,2H3,(H,16,17). The monoisotopic (exact) mass is 295 g/mol. The van der Waals surface area contributed by atoms with Gasteiger partial charge in [0.15, 0.2) is 0 Å². The topological polar surface area (TPSA) is 74.7 Å². The van der Waals surface area contributed by atoms with Crippen LogP contribution in [0.4, 0.5) is 0 Å². The van der Waals surface area contributed by atoms with E-state index in [4.69, 9.17) is 11.5 Å². The van der Waals surface area contributed by atoms with Gasteiger partial charge in [0.1, 0.15) is 0 Å². The molecule has 20 heavy (non-hydrogen) atoms. The van der Waals surface area contributed by atoms with Crippen LogP contribution in [0.5, 0.6) is 0 Å². The van der Waals surface area contributed by atoms with Gasteiger partial charge in [-0.3, -0.25) is 0 Å². The lowest BCUT2D eigenvalue weighted by molar-refractivity contribution is 0.0696. The van der Waals surface area contributed by atoms with E-state index in [0.717, 1.165) is 0 Å². The predicted molar refractivity (Wildman–Crippen MR) is 76.7 cm³/mol. The highest BCUT2D eigenvalue weighted by Crippen LogP contribution is 2.13. The van der Waals surface area contributed by atoms with Crippen LogP contribution in [-0.2, 0) is 15.8 Å². The number of sulfonamides is 1. The molecule has 0 bridgehead atoms. The van der Waals surface area contributed by atoms with E-state index in [0.29, 0.717) is 18.5 Å². The Labute approximate surface area is 119 Å². The number of benzene rings is 1. The van der Waals surface area contributed by atoms with Crippen molar-refractivity contribution in [2.45, 2.75) is 19.1 Å². The second-order valence-corrected chi connectivity index (χ2v) is 6.27. The summed E-state index contributed by atoms with van der Waals surface area (Å²) in [6.07, 6.45) is 5.84. The average Bonchev–Trinajstić information content (AvgIpc) is 2.38. The van der Waals surface area contributed by atoms with E-state index in [9.17, 15) is 13.2 Å². The molecule has 0 unspecified atom stereocenters. The molecule has 1 aromatic rings. The van der Waals surface area contributed by atoms with Crippen LogP contribution in [0.15, 0.2) is 24.3 Å². The number of nitrogens with zero attached hydrogens (tertiary/aromatic N) is 1. The molecule has 0 heterocycles. The summed E-state index contributed by atoms with van der Waals surface area (Å²) < 4.78 is 25.7. The normalized spacial score (nSPS) is 11.2. The molecule has 0 aliphatic carbocycles. The molecule has 0 saturated carbocycles. The number of carbonyl (C=O) groups is 1. The quantitative estimate of drug-likeness (QED) is 0.775. The molecule has 1 N–H and O–H groups in total. The van der Waals surface area contributed by atoms with Crippen LogP contribution in [0, 0.1) is 12.3 Å². The Bertz CT molecular complexity index is 616. The van der Waals surface area contributed by atoms with E-state index in [1.54, 1.807) is 6.07 Å². The Kier molecular flexibility index (Phi) is 5.74. The number of hydrogen-bond donors (Lipinski definition) is 1. The Hall–Kier alpha value is -1.84. The van der Waals surface area contributed by atoms with Crippen molar-refractivity contribution in [2.75, 3.05) is 13.1 Å². The maximum absolute atomic E-state index is 12.2. The summed E-state index contributed by atoms with van der Waals surface area (Å²) in [6, 6.07) is 5.90. The van der Waals surface area contributed by atoms with Gasteiger partial charge in [0.2, 0.25) is 10.0 Å². The molecular weight excluding hydrogens is 278 g/mol. The van der Waals surface area contributed by atoms with Gasteiger partial charge in [-0.2, -0.15) is 4.31 Å². The van der Waals surface area contributed by atoms with E-state index in [2.05, 4.69) is 5.92 Å². The van der Waals surface area contributed by atoms with Crippen LogP contribution < -0.4 is 0 Å². The zero-order chi connectivity index (χ0) is 15.2. The first-order valence-corrected chi connectivity index (χ1v) is 7.75. The fraction of sp³-hybridized carbons (Fsp3) is 0.357. The molecule has 0 fully saturated rings. The number of hydrogen-bond acceptors (Lipinski definition) is 3. The summed E-state index contributed by atoms with van der Waals surface area (Å²) >= 11 is 0. The van der Waals surface area contributed by atoms with Crippen LogP contribution in [-0.4, -0.2) is 36.9 Å². The third kappa shape index (κ3) is 4.37. The first kappa shape index (κ1) is 16.2. The third-order valence-electron chi connectivity index (χ3n) is 2.66. The van der Waals surface area contributed by atoms with Gasteiger partial charge in [-0.1, -0.05) is 25.0 Å². The molecule has 0 radical (unpaired) electrons. The highest BCUT2D eigenvalue weighted by atomic mass is 32.2. The van der Waals surface area contributed by atoms with E-state index in [1.165, 1.54) is 22.5 Å². The van der Waals surface area contributed by atoms with Gasteiger partial charge in [0.25, 0.3) is 0 Å². The van der Waals surface area contributed by atoms with Crippen LogP contribution in [0.2, 0.25) is 0 Å². The Morgan fingerprint density at radius 3 is 2.70 bits per heavy atom. The zero-order valence-electron chi connectivity index (χ0n) is 11.2. The van der Waals surface area contributed by atoms with E-state index < -0.39 is 16.0 Å². The summed E-state index contributed by atoms with van der Waals surface area (Å²) in [4.78, 5) is 10.9. The third-order valence-corrected chi connectivity index (χ3v) is 4.45. The van der Waals surface area contributed by atoms with Crippen LogP contribution >= 0.6 is 0 Å². The lowest BCUT2D eigenvalue weighted by Crippen LogP contribution is -2.33. The molecule has 1 aromatic carbocycles. The van der Waals surface area contributed by atoms with Gasteiger partial charge in [-0.05, 0) is 24.1 Å². The summed E-state index contributed by atoms with van der Waals surface area (Å²) in [5.74, 6) is 0.988. The lowest BCUT2D eigenvalue weighted by atomic mass is 10.1. The number of carboxylic acid groups (broad SMARTS) is 1. The maximum Gasteiger partial charge on any atom is 0.335 e. The van der Waals surface area contributed by atoms with Crippen molar-refractivity contribution in [2.24, 2.45) is 0 Å². The largest absolute Gasteiger partial charge is 0.478 e. The molecule has 0 aliphatic heterocycles. The van der Waals surface area contributed by atoms with Crippen molar-refractivity contribution in [1.82, 2.24) is 4.31 Å². The first-order valence-electron chi connectivity index (χ1n) is 6.14. The first-order chi connectivity index (χ1) is 9.40. The average molecular weight is 295 g/mol. The van der Waals surface area contributed by atoms with Crippen LogP contribution in [0.1, 0.15) is 29.3 Å². The van der Waals surface area contributed by atoms with E-state index in [-0.39, 0.29) is 17.9 Å². The Morgan fingerprint density at radius 1 is 1.45 bits per heavy atom. The van der Waals surface area contributed by atoms with Gasteiger partial charge >= 0.3 is 5.97 Å². The molecule has 0 saturated heterocycles. The SMILES string of the molecule is C#CCN(CCC)S(=O)(=O)Cc1cccc(C(=O)O)c1. The molecule has 108 valence electrons. The Morgan fingerprint density at radius 2 is 2.15 bits per heavy atom. The van der Waals surface area contributed by atoms with Crippen molar-refractivity contribution < 1.29 is 18.3 Å². The number of terminal acetylenes is 1. The summed E-state index contributed by atoms with van der Waals surface area (Å²) in [7, 11) is -3.54. The van der Waals surface area contributed by atoms with Gasteiger partial charge in [0, 0.05) is 6.54 Å². The van der Waals surface area contributed by atoms with Crippen molar-refractivity contribution in [3.05, 3.63) is 35.4 Å². The van der Waals surface area contributed by atoms with Crippen molar-refractivity contribution in [3.63, 3.8) is 0 Å². The molecular formula is C14H17NO4S. The Balaban J connectivity index is 2.97. The minimum Gasteiger partial charge on any atom is -0.478 e. The molecule has 0 atom stereocenters. The lowest BCUT2D eigenvalue weighted by Gasteiger charge is -2.19. The van der Waals surface area contributed by atoms with Crippen LogP contribution in [0.3, 0.4) is 0 Å². The van der Waals surface area contributed by atoms with Gasteiger partial charge < -0.3 is 5.11 Å². The summed E-state index contributed by atoms with van der Waals surface area (Å²) in [5.41, 5.74) is 0.500. The fourth-order valence-corrected chi connectivity index (χ4v) is 3.28. The van der Waals surface area contributed by atoms with Gasteiger partial charge in [-0.25, -0.2) is 13.2 Å². The molecule has 0 aliphatic rings. The highest BCUT2D eigenvalue weighted by molar-refractivity contribution is 7.88. The van der Waals surface area contributed by atoms with Gasteiger partial charge in [0.05, 0.1) is 17.9 Å². The summed E-state index contributed by atoms with van der Waals surface area (Å²) in [5, 5.41) is 8.90. The summed E-state index contributed by atoms with van der Waals surface area (Å²) in [6.45, 7) is 2.24. The molecule has 6 heteroatoms. The smallest absolute Gasteiger partial charge is 0.335 e. The minimum absolute atomic E-state index is 0.0226. The van der Waals surface area contributed by atoms with Gasteiger partial charge in [-0.15, -0.1) is 6.42 Å². The molecule has 1 rings (SSSR count). The second kappa shape index (κ2) is 7.08. The fourth-order valence-electron chi connectivity index (χ4n) is 1.76. The second-order valence-electron chi connectivity index (χ2n) is 4.30. The maximum atomic E-state index is 12.2. The molecule has 0 amide bonds. The molecule has 5 nitrogen and oxygen atoms in total. The van der Waals surface area contributed by atoms with E-state index in [1.807, 2.05) is 6.92 Å². The van der Waals surface area contributed by atoms with Crippen molar-refractivity contribution in [3.8, 4) is 12.3 Å². The molecule has 0 spiro atoms. The number of carboxylic acids is 1.